The SMILES string of the molecule is COc1ccc(-n2c(CCN)nnc2SC[C@H](O)CO)cc1. The average Bonchev–Trinajstić information content (AvgIpc) is 2.95. The van der Waals surface area contributed by atoms with Crippen molar-refractivity contribution in [2.45, 2.75) is 17.7 Å². The number of hydrogen-bond donors (Lipinski definition) is 3. The summed E-state index contributed by atoms with van der Waals surface area (Å²) in [6, 6.07) is 7.54. The quantitative estimate of drug-likeness (QED) is 0.596. The summed E-state index contributed by atoms with van der Waals surface area (Å²) in [5.41, 5.74) is 6.52. The molecular formula is C14H20N4O3S. The number of rotatable bonds is 8. The van der Waals surface area contributed by atoms with Gasteiger partial charge in [-0.25, -0.2) is 0 Å². The Hall–Kier alpha value is -1.61. The summed E-state index contributed by atoms with van der Waals surface area (Å²) >= 11 is 1.34. The predicted octanol–water partition coefficient (Wildman–Crippen LogP) is 0.222. The predicted molar refractivity (Wildman–Crippen MR) is 84.5 cm³/mol. The molecule has 0 spiro atoms. The first-order chi connectivity index (χ1) is 10.7. The fourth-order valence-electron chi connectivity index (χ4n) is 1.90. The molecule has 0 aliphatic carbocycles. The number of nitrogens with two attached hydrogens (primary N) is 1. The molecule has 1 aromatic heterocycles. The van der Waals surface area contributed by atoms with Gasteiger partial charge in [0.15, 0.2) is 5.16 Å². The van der Waals surface area contributed by atoms with Gasteiger partial charge >= 0.3 is 0 Å². The first-order valence-electron chi connectivity index (χ1n) is 6.90. The van der Waals surface area contributed by atoms with Crippen molar-refractivity contribution in [3.8, 4) is 11.4 Å². The zero-order valence-electron chi connectivity index (χ0n) is 12.3. The molecule has 0 bridgehead atoms. The lowest BCUT2D eigenvalue weighted by atomic mass is 10.3. The van der Waals surface area contributed by atoms with Crippen LogP contribution in [0.15, 0.2) is 29.4 Å². The molecule has 1 aromatic carbocycles. The Morgan fingerprint density at radius 1 is 1.32 bits per heavy atom. The Balaban J connectivity index is 2.30. The van der Waals surface area contributed by atoms with E-state index in [2.05, 4.69) is 10.2 Å². The van der Waals surface area contributed by atoms with Gasteiger partial charge in [-0.15, -0.1) is 10.2 Å². The number of methoxy groups -OCH3 is 1. The van der Waals surface area contributed by atoms with E-state index in [0.29, 0.717) is 23.9 Å². The van der Waals surface area contributed by atoms with Crippen LogP contribution in [0.4, 0.5) is 0 Å². The van der Waals surface area contributed by atoms with Gasteiger partial charge in [-0.05, 0) is 30.8 Å². The second kappa shape index (κ2) is 8.14. The minimum absolute atomic E-state index is 0.278. The monoisotopic (exact) mass is 324 g/mol. The van der Waals surface area contributed by atoms with Crippen molar-refractivity contribution in [1.82, 2.24) is 14.8 Å². The maximum Gasteiger partial charge on any atom is 0.195 e. The van der Waals surface area contributed by atoms with Gasteiger partial charge in [0.1, 0.15) is 11.6 Å². The molecule has 2 aromatic rings. The van der Waals surface area contributed by atoms with Gasteiger partial charge in [-0.2, -0.15) is 0 Å². The number of ether oxygens (including phenoxy) is 1. The van der Waals surface area contributed by atoms with Gasteiger partial charge in [0.25, 0.3) is 0 Å². The number of hydrogen-bond acceptors (Lipinski definition) is 7. The summed E-state index contributed by atoms with van der Waals surface area (Å²) in [6.45, 7) is 0.192. The van der Waals surface area contributed by atoms with Gasteiger partial charge in [-0.1, -0.05) is 11.8 Å². The zero-order chi connectivity index (χ0) is 15.9. The van der Waals surface area contributed by atoms with E-state index in [1.807, 2.05) is 28.8 Å². The molecule has 22 heavy (non-hydrogen) atoms. The molecule has 0 radical (unpaired) electrons. The Kier molecular flexibility index (Phi) is 6.20. The number of benzene rings is 1. The van der Waals surface area contributed by atoms with Crippen molar-refractivity contribution in [3.63, 3.8) is 0 Å². The first kappa shape index (κ1) is 16.8. The lowest BCUT2D eigenvalue weighted by Gasteiger charge is -2.11. The molecule has 7 nitrogen and oxygen atoms in total. The van der Waals surface area contributed by atoms with Crippen molar-refractivity contribution in [3.05, 3.63) is 30.1 Å². The van der Waals surface area contributed by atoms with Crippen LogP contribution in [0.3, 0.4) is 0 Å². The van der Waals surface area contributed by atoms with Crippen molar-refractivity contribution in [1.29, 1.82) is 0 Å². The number of aromatic nitrogens is 3. The highest BCUT2D eigenvalue weighted by atomic mass is 32.2. The molecule has 8 heteroatoms. The van der Waals surface area contributed by atoms with Crippen LogP contribution in [0.2, 0.25) is 0 Å². The van der Waals surface area contributed by atoms with Gasteiger partial charge in [0.2, 0.25) is 0 Å². The first-order valence-corrected chi connectivity index (χ1v) is 7.88. The highest BCUT2D eigenvalue weighted by molar-refractivity contribution is 7.99. The second-order valence-electron chi connectivity index (χ2n) is 4.62. The van der Waals surface area contributed by atoms with E-state index >= 15 is 0 Å². The minimum atomic E-state index is -0.788. The molecule has 120 valence electrons. The van der Waals surface area contributed by atoms with E-state index in [-0.39, 0.29) is 6.61 Å². The third kappa shape index (κ3) is 3.98. The summed E-state index contributed by atoms with van der Waals surface area (Å²) in [6.07, 6.45) is -0.189. The average molecular weight is 324 g/mol. The standard InChI is InChI=1S/C14H20N4O3S/c1-21-12-4-2-10(3-5-12)18-13(6-7-15)16-17-14(18)22-9-11(20)8-19/h2-5,11,19-20H,6-9,15H2,1H3/t11-/m1/s1. The summed E-state index contributed by atoms with van der Waals surface area (Å²) in [4.78, 5) is 0. The second-order valence-corrected chi connectivity index (χ2v) is 5.61. The lowest BCUT2D eigenvalue weighted by molar-refractivity contribution is 0.113. The van der Waals surface area contributed by atoms with E-state index in [9.17, 15) is 5.11 Å². The highest BCUT2D eigenvalue weighted by Crippen LogP contribution is 2.24. The molecule has 1 heterocycles. The molecular weight excluding hydrogens is 304 g/mol. The topological polar surface area (TPSA) is 106 Å². The van der Waals surface area contributed by atoms with E-state index in [1.54, 1.807) is 7.11 Å². The Morgan fingerprint density at radius 3 is 2.64 bits per heavy atom. The smallest absolute Gasteiger partial charge is 0.195 e. The van der Waals surface area contributed by atoms with Crippen molar-refractivity contribution in [2.24, 2.45) is 5.73 Å². The third-order valence-electron chi connectivity index (χ3n) is 3.01. The summed E-state index contributed by atoms with van der Waals surface area (Å²) < 4.78 is 7.07. The minimum Gasteiger partial charge on any atom is -0.497 e. The highest BCUT2D eigenvalue weighted by Gasteiger charge is 2.15. The van der Waals surface area contributed by atoms with Gasteiger partial charge in [0.05, 0.1) is 19.8 Å². The summed E-state index contributed by atoms with van der Waals surface area (Å²) in [5, 5.41) is 27.4. The van der Waals surface area contributed by atoms with Crippen LogP contribution >= 0.6 is 11.8 Å². The summed E-state index contributed by atoms with van der Waals surface area (Å²) in [5.74, 6) is 1.86. The molecule has 0 aliphatic heterocycles. The Morgan fingerprint density at radius 2 is 2.05 bits per heavy atom. The number of thioether (sulfide) groups is 1. The maximum atomic E-state index is 9.49. The van der Waals surface area contributed by atoms with Gasteiger partial charge < -0.3 is 20.7 Å². The summed E-state index contributed by atoms with van der Waals surface area (Å²) in [7, 11) is 1.62. The Labute approximate surface area is 133 Å². The van der Waals surface area contributed by atoms with Gasteiger partial charge in [0, 0.05) is 17.9 Å². The van der Waals surface area contributed by atoms with Crippen LogP contribution in [-0.2, 0) is 6.42 Å². The number of aliphatic hydroxyl groups is 2. The molecule has 0 fully saturated rings. The van der Waals surface area contributed by atoms with Crippen molar-refractivity contribution < 1.29 is 14.9 Å². The van der Waals surface area contributed by atoms with E-state index in [0.717, 1.165) is 17.3 Å². The van der Waals surface area contributed by atoms with Crippen molar-refractivity contribution >= 4 is 11.8 Å². The number of nitrogens with zero attached hydrogens (tertiary/aromatic N) is 3. The fraction of sp³-hybridized carbons (Fsp3) is 0.429. The molecule has 4 N–H and O–H groups in total. The van der Waals surface area contributed by atoms with Crippen LogP contribution in [-0.4, -0.2) is 57.1 Å². The van der Waals surface area contributed by atoms with E-state index in [1.165, 1.54) is 11.8 Å². The molecule has 1 atom stereocenters. The zero-order valence-corrected chi connectivity index (χ0v) is 13.2. The van der Waals surface area contributed by atoms with Crippen LogP contribution in [0.1, 0.15) is 5.82 Å². The third-order valence-corrected chi connectivity index (χ3v) is 4.09. The Bertz CT molecular complexity index is 588. The molecule has 0 saturated carbocycles. The van der Waals surface area contributed by atoms with Crippen LogP contribution < -0.4 is 10.5 Å². The van der Waals surface area contributed by atoms with Gasteiger partial charge in [-0.3, -0.25) is 4.57 Å². The lowest BCUT2D eigenvalue weighted by Crippen LogP contribution is -2.15. The molecule has 0 unspecified atom stereocenters. The fourth-order valence-corrected chi connectivity index (χ4v) is 2.78. The molecule has 2 rings (SSSR count). The van der Waals surface area contributed by atoms with E-state index < -0.39 is 6.10 Å². The molecule has 0 aliphatic rings. The van der Waals surface area contributed by atoms with Crippen LogP contribution in [0.5, 0.6) is 5.75 Å². The molecule has 0 amide bonds. The number of aliphatic hydroxyl groups excluding tert-OH is 2. The van der Waals surface area contributed by atoms with Crippen molar-refractivity contribution in [2.75, 3.05) is 26.0 Å². The van der Waals surface area contributed by atoms with Crippen LogP contribution in [0, 0.1) is 0 Å². The largest absolute Gasteiger partial charge is 0.497 e. The normalized spacial score (nSPS) is 12.4. The molecule has 0 saturated heterocycles. The van der Waals surface area contributed by atoms with E-state index in [4.69, 9.17) is 15.6 Å². The maximum absolute atomic E-state index is 9.49. The van der Waals surface area contributed by atoms with Crippen LogP contribution in [0.25, 0.3) is 5.69 Å².